The predicted octanol–water partition coefficient (Wildman–Crippen LogP) is 1.19. The van der Waals surface area contributed by atoms with Crippen LogP contribution in [0.15, 0.2) is 30.3 Å². The van der Waals surface area contributed by atoms with Crippen LogP contribution in [0.1, 0.15) is 33.3 Å². The van der Waals surface area contributed by atoms with Crippen molar-refractivity contribution in [3.63, 3.8) is 0 Å². The minimum absolute atomic E-state index is 0.352. The third kappa shape index (κ3) is 6.99. The first kappa shape index (κ1) is 19.4. The molecule has 0 radical (unpaired) electrons. The summed E-state index contributed by atoms with van der Waals surface area (Å²) in [6.07, 6.45) is -2.65. The van der Waals surface area contributed by atoms with E-state index in [1.165, 1.54) is 0 Å². The van der Waals surface area contributed by atoms with Gasteiger partial charge in [-0.05, 0) is 39.7 Å². The summed E-state index contributed by atoms with van der Waals surface area (Å²) in [6, 6.07) is 8.05. The molecule has 0 saturated heterocycles. The number of rotatable bonds is 6. The summed E-state index contributed by atoms with van der Waals surface area (Å²) in [5.74, 6) is 0. The van der Waals surface area contributed by atoms with Gasteiger partial charge in [-0.15, -0.1) is 0 Å². The Bertz CT molecular complexity index is 485. The second-order valence-corrected chi connectivity index (χ2v) is 6.78. The number of amides is 1. The molecular formula is C17H28N2O4. The third-order valence-corrected chi connectivity index (χ3v) is 3.30. The van der Waals surface area contributed by atoms with E-state index in [0.29, 0.717) is 6.42 Å². The second-order valence-electron chi connectivity index (χ2n) is 6.78. The molecule has 0 aliphatic heterocycles. The van der Waals surface area contributed by atoms with Gasteiger partial charge in [0.15, 0.2) is 0 Å². The van der Waals surface area contributed by atoms with Gasteiger partial charge in [0.25, 0.3) is 0 Å². The van der Waals surface area contributed by atoms with Crippen LogP contribution in [-0.2, 0) is 11.2 Å². The van der Waals surface area contributed by atoms with Gasteiger partial charge in [0.05, 0.1) is 12.1 Å². The molecule has 0 aliphatic carbocycles. The van der Waals surface area contributed by atoms with E-state index in [4.69, 9.17) is 10.5 Å². The summed E-state index contributed by atoms with van der Waals surface area (Å²) in [5.41, 5.74) is 5.92. The molecule has 0 spiro atoms. The number of aliphatic hydroxyl groups is 2. The highest BCUT2D eigenvalue weighted by Gasteiger charge is 2.31. The van der Waals surface area contributed by atoms with E-state index < -0.39 is 36.0 Å². The molecule has 0 saturated carbocycles. The zero-order chi connectivity index (χ0) is 17.6. The van der Waals surface area contributed by atoms with Crippen LogP contribution in [0, 0.1) is 0 Å². The molecule has 1 aromatic rings. The van der Waals surface area contributed by atoms with Gasteiger partial charge in [-0.3, -0.25) is 0 Å². The monoisotopic (exact) mass is 324 g/mol. The largest absolute Gasteiger partial charge is 0.444 e. The van der Waals surface area contributed by atoms with Gasteiger partial charge in [-0.2, -0.15) is 0 Å². The Hall–Kier alpha value is -1.63. The topological polar surface area (TPSA) is 105 Å². The molecule has 1 aromatic carbocycles. The number of hydrogen-bond acceptors (Lipinski definition) is 5. The fourth-order valence-corrected chi connectivity index (χ4v) is 2.13. The first-order valence-electron chi connectivity index (χ1n) is 7.75. The number of hydrogen-bond donors (Lipinski definition) is 4. The van der Waals surface area contributed by atoms with Crippen molar-refractivity contribution in [2.45, 2.75) is 64.0 Å². The number of carbonyl (C=O) groups excluding carboxylic acids is 1. The lowest BCUT2D eigenvalue weighted by Gasteiger charge is -2.30. The zero-order valence-electron chi connectivity index (χ0n) is 14.2. The molecule has 4 atom stereocenters. The summed E-state index contributed by atoms with van der Waals surface area (Å²) >= 11 is 0. The van der Waals surface area contributed by atoms with E-state index >= 15 is 0 Å². The van der Waals surface area contributed by atoms with Crippen LogP contribution >= 0.6 is 0 Å². The van der Waals surface area contributed by atoms with Crippen LogP contribution in [0.4, 0.5) is 4.79 Å². The van der Waals surface area contributed by atoms with E-state index in [2.05, 4.69) is 5.32 Å². The van der Waals surface area contributed by atoms with E-state index in [1.54, 1.807) is 27.7 Å². The molecule has 6 heteroatoms. The van der Waals surface area contributed by atoms with Crippen molar-refractivity contribution >= 4 is 6.09 Å². The normalized spacial score (nSPS) is 17.0. The molecule has 0 bridgehead atoms. The zero-order valence-corrected chi connectivity index (χ0v) is 14.2. The van der Waals surface area contributed by atoms with Gasteiger partial charge >= 0.3 is 6.09 Å². The van der Waals surface area contributed by atoms with Crippen molar-refractivity contribution in [3.05, 3.63) is 35.9 Å². The van der Waals surface area contributed by atoms with Crippen molar-refractivity contribution in [1.82, 2.24) is 5.32 Å². The number of carbonyl (C=O) groups is 1. The van der Waals surface area contributed by atoms with Crippen molar-refractivity contribution in [1.29, 1.82) is 0 Å². The maximum atomic E-state index is 12.0. The van der Waals surface area contributed by atoms with Crippen molar-refractivity contribution in [2.24, 2.45) is 5.73 Å². The lowest BCUT2D eigenvalue weighted by Crippen LogP contribution is -2.54. The summed E-state index contributed by atoms with van der Waals surface area (Å²) in [7, 11) is 0. The van der Waals surface area contributed by atoms with Crippen LogP contribution in [0.3, 0.4) is 0 Å². The summed E-state index contributed by atoms with van der Waals surface area (Å²) in [5, 5.41) is 23.0. The lowest BCUT2D eigenvalue weighted by molar-refractivity contribution is -0.0180. The fraction of sp³-hybridized carbons (Fsp3) is 0.588. The van der Waals surface area contributed by atoms with Gasteiger partial charge in [-0.25, -0.2) is 4.79 Å². The molecule has 1 rings (SSSR count). The standard InChI is InChI=1S/C17H28N2O4/c1-11(18)14(20)15(21)13(10-12-8-6-5-7-9-12)19-16(22)23-17(2,3)4/h5-9,11,13-15,20-21H,10,18H2,1-4H3,(H,19,22)/t11-,13+,14-,15-/m1/s1. The van der Waals surface area contributed by atoms with Crippen LogP contribution in [-0.4, -0.2) is 46.2 Å². The average Bonchev–Trinajstić information content (AvgIpc) is 2.44. The van der Waals surface area contributed by atoms with Gasteiger partial charge < -0.3 is 26.0 Å². The minimum Gasteiger partial charge on any atom is -0.444 e. The third-order valence-electron chi connectivity index (χ3n) is 3.30. The molecule has 0 fully saturated rings. The Morgan fingerprint density at radius 1 is 1.22 bits per heavy atom. The lowest BCUT2D eigenvalue weighted by atomic mass is 9.95. The molecule has 23 heavy (non-hydrogen) atoms. The first-order valence-corrected chi connectivity index (χ1v) is 7.75. The highest BCUT2D eigenvalue weighted by atomic mass is 16.6. The number of benzene rings is 1. The van der Waals surface area contributed by atoms with Gasteiger partial charge in [0.2, 0.25) is 0 Å². The summed E-state index contributed by atoms with van der Waals surface area (Å²) < 4.78 is 5.22. The maximum Gasteiger partial charge on any atom is 0.407 e. The quantitative estimate of drug-likeness (QED) is 0.629. The van der Waals surface area contributed by atoms with Crippen molar-refractivity contribution in [2.75, 3.05) is 0 Å². The fourth-order valence-electron chi connectivity index (χ4n) is 2.13. The van der Waals surface area contributed by atoms with Gasteiger partial charge in [0, 0.05) is 6.04 Å². The number of nitrogens with one attached hydrogen (secondary N) is 1. The van der Waals surface area contributed by atoms with Crippen LogP contribution in [0.25, 0.3) is 0 Å². The molecule has 6 nitrogen and oxygen atoms in total. The van der Waals surface area contributed by atoms with Gasteiger partial charge in [0.1, 0.15) is 11.7 Å². The second kappa shape index (κ2) is 8.29. The van der Waals surface area contributed by atoms with Crippen molar-refractivity contribution < 1.29 is 19.7 Å². The van der Waals surface area contributed by atoms with Gasteiger partial charge in [-0.1, -0.05) is 30.3 Å². The Kier molecular flexibility index (Phi) is 7.00. The minimum atomic E-state index is -1.21. The van der Waals surface area contributed by atoms with E-state index in [0.717, 1.165) is 5.56 Å². The Morgan fingerprint density at radius 3 is 2.26 bits per heavy atom. The number of alkyl carbamates (subject to hydrolysis) is 1. The summed E-state index contributed by atoms with van der Waals surface area (Å²) in [4.78, 5) is 12.0. The molecule has 0 unspecified atom stereocenters. The Morgan fingerprint density at radius 2 is 1.78 bits per heavy atom. The molecular weight excluding hydrogens is 296 g/mol. The number of nitrogens with two attached hydrogens (primary N) is 1. The van der Waals surface area contributed by atoms with Crippen molar-refractivity contribution in [3.8, 4) is 0 Å². The molecule has 130 valence electrons. The van der Waals surface area contributed by atoms with Crippen LogP contribution in [0.2, 0.25) is 0 Å². The maximum absolute atomic E-state index is 12.0. The van der Waals surface area contributed by atoms with Crippen LogP contribution < -0.4 is 11.1 Å². The van der Waals surface area contributed by atoms with E-state index in [-0.39, 0.29) is 0 Å². The SMILES string of the molecule is C[C@@H](N)[C@@H](O)[C@H](O)[C@H](Cc1ccccc1)NC(=O)OC(C)(C)C. The number of aliphatic hydroxyl groups excluding tert-OH is 2. The average molecular weight is 324 g/mol. The molecule has 0 aromatic heterocycles. The predicted molar refractivity (Wildman–Crippen MR) is 89.0 cm³/mol. The molecule has 5 N–H and O–H groups in total. The van der Waals surface area contributed by atoms with Crippen LogP contribution in [0.5, 0.6) is 0 Å². The smallest absolute Gasteiger partial charge is 0.407 e. The Labute approximate surface area is 137 Å². The highest BCUT2D eigenvalue weighted by molar-refractivity contribution is 5.68. The molecule has 0 heterocycles. The highest BCUT2D eigenvalue weighted by Crippen LogP contribution is 2.13. The Balaban J connectivity index is 2.85. The molecule has 0 aliphatic rings. The van der Waals surface area contributed by atoms with E-state index in [9.17, 15) is 15.0 Å². The number of ether oxygens (including phenoxy) is 1. The van der Waals surface area contributed by atoms with E-state index in [1.807, 2.05) is 30.3 Å². The summed E-state index contributed by atoms with van der Waals surface area (Å²) in [6.45, 7) is 6.87. The first-order chi connectivity index (χ1) is 10.6. The molecule has 1 amide bonds.